The highest BCUT2D eigenvalue weighted by molar-refractivity contribution is 6.01. The number of hydrogen-bond acceptors (Lipinski definition) is 5. The number of nitrogens with zero attached hydrogens (tertiary/aromatic N) is 4. The van der Waals surface area contributed by atoms with Crippen LogP contribution in [0.1, 0.15) is 76.8 Å². The number of unbranched alkanes of at least 4 members (excludes halogenated alkanes) is 1. The van der Waals surface area contributed by atoms with Crippen molar-refractivity contribution in [3.05, 3.63) is 34.9 Å². The van der Waals surface area contributed by atoms with Crippen LogP contribution in [0.5, 0.6) is 0 Å². The first kappa shape index (κ1) is 28.9. The van der Waals surface area contributed by atoms with Gasteiger partial charge in [0.15, 0.2) is 6.04 Å². The van der Waals surface area contributed by atoms with Crippen molar-refractivity contribution in [1.29, 1.82) is 0 Å². The number of piperazine rings is 1. The van der Waals surface area contributed by atoms with Gasteiger partial charge >= 0.3 is 0 Å². The highest BCUT2D eigenvalue weighted by Gasteiger charge is 2.53. The molecule has 1 unspecified atom stereocenters. The molecule has 1 N–H and O–H groups in total. The van der Waals surface area contributed by atoms with Crippen molar-refractivity contribution in [2.45, 2.75) is 91.8 Å². The summed E-state index contributed by atoms with van der Waals surface area (Å²) < 4.78 is 7.56. The normalized spacial score (nSPS) is 23.3. The third-order valence-electron chi connectivity index (χ3n) is 8.43. The topological polar surface area (TPSA) is 79.7 Å². The molecule has 0 bridgehead atoms. The van der Waals surface area contributed by atoms with Crippen LogP contribution in [0.4, 0.5) is 0 Å². The van der Waals surface area contributed by atoms with Crippen molar-refractivity contribution in [2.75, 3.05) is 26.7 Å². The number of methoxy groups -OCH3 is 1. The second-order valence-corrected chi connectivity index (χ2v) is 11.6. The lowest BCUT2D eigenvalue weighted by molar-refractivity contribution is -0.159. The van der Waals surface area contributed by atoms with Crippen molar-refractivity contribution in [3.8, 4) is 11.8 Å². The van der Waals surface area contributed by atoms with Crippen LogP contribution >= 0.6 is 0 Å². The smallest absolute Gasteiger partial charge is 0.258 e. The van der Waals surface area contributed by atoms with E-state index in [-0.39, 0.29) is 17.7 Å². The third-order valence-corrected chi connectivity index (χ3v) is 8.43. The first-order valence-corrected chi connectivity index (χ1v) is 14.5. The van der Waals surface area contributed by atoms with Crippen LogP contribution in [0.15, 0.2) is 17.9 Å². The van der Waals surface area contributed by atoms with Gasteiger partial charge in [0.05, 0.1) is 18.6 Å². The van der Waals surface area contributed by atoms with Crippen LogP contribution in [0.2, 0.25) is 0 Å². The molecule has 2 amide bonds. The van der Waals surface area contributed by atoms with Crippen LogP contribution in [-0.4, -0.2) is 69.7 Å². The molecule has 4 rings (SSSR count). The van der Waals surface area contributed by atoms with E-state index in [0.717, 1.165) is 56.0 Å². The van der Waals surface area contributed by atoms with E-state index >= 15 is 0 Å². The molecule has 39 heavy (non-hydrogen) atoms. The first-order chi connectivity index (χ1) is 18.6. The Balaban J connectivity index is 1.49. The Hall–Kier alpha value is -3.05. The van der Waals surface area contributed by atoms with Crippen LogP contribution in [0.25, 0.3) is 5.70 Å². The van der Waals surface area contributed by atoms with E-state index in [9.17, 15) is 9.59 Å². The molecule has 1 spiro atoms. The summed E-state index contributed by atoms with van der Waals surface area (Å²) in [4.78, 5) is 31.3. The lowest BCUT2D eigenvalue weighted by Crippen LogP contribution is -2.72. The molecule has 0 saturated carbocycles. The number of allylic oxidation sites excluding steroid dienone is 4. The fourth-order valence-corrected chi connectivity index (χ4v) is 6.04. The molecule has 2 atom stereocenters. The maximum atomic E-state index is 13.5. The number of amides is 2. The predicted molar refractivity (Wildman–Crippen MR) is 153 cm³/mol. The summed E-state index contributed by atoms with van der Waals surface area (Å²) in [7, 11) is 1.72. The van der Waals surface area contributed by atoms with Crippen molar-refractivity contribution in [1.82, 2.24) is 24.9 Å². The molecule has 3 heterocycles. The van der Waals surface area contributed by atoms with E-state index < -0.39 is 11.6 Å². The molecule has 1 aliphatic carbocycles. The maximum Gasteiger partial charge on any atom is 0.258 e. The molecular weight excluding hydrogens is 490 g/mol. The molecule has 2 fully saturated rings. The minimum Gasteiger partial charge on any atom is -0.501 e. The highest BCUT2D eigenvalue weighted by atomic mass is 16.5. The van der Waals surface area contributed by atoms with Gasteiger partial charge in [0.2, 0.25) is 5.91 Å². The molecule has 0 aromatic carbocycles. The summed E-state index contributed by atoms with van der Waals surface area (Å²) in [5.74, 6) is 7.43. The van der Waals surface area contributed by atoms with Gasteiger partial charge in [0.1, 0.15) is 5.54 Å². The number of likely N-dealkylation sites (tertiary alicyclic amines) is 1. The SMILES string of the molecule is CCCCN1C(=O)[C@H](C#CC(C)C)NC(=O)C12CCN(Cc1c(C)nn(C3=CC=C(OC)C(C)C3)c1C)CC2. The first-order valence-electron chi connectivity index (χ1n) is 14.5. The van der Waals surface area contributed by atoms with E-state index in [4.69, 9.17) is 9.84 Å². The van der Waals surface area contributed by atoms with Gasteiger partial charge in [0.25, 0.3) is 5.91 Å². The minimum atomic E-state index is -0.790. The number of carbonyl (C=O) groups is 2. The second kappa shape index (κ2) is 12.0. The highest BCUT2D eigenvalue weighted by Crippen LogP contribution is 2.35. The summed E-state index contributed by atoms with van der Waals surface area (Å²) >= 11 is 0. The average molecular weight is 536 g/mol. The predicted octanol–water partition coefficient (Wildman–Crippen LogP) is 4.03. The Bertz CT molecular complexity index is 1210. The number of rotatable bonds is 7. The van der Waals surface area contributed by atoms with Gasteiger partial charge in [-0.2, -0.15) is 5.10 Å². The molecule has 212 valence electrons. The maximum absolute atomic E-state index is 13.5. The lowest BCUT2D eigenvalue weighted by Gasteiger charge is -2.51. The fourth-order valence-electron chi connectivity index (χ4n) is 6.04. The largest absolute Gasteiger partial charge is 0.501 e. The standard InChI is InChI=1S/C31H45N5O3/c1-8-9-16-35-29(37)27(12-10-21(2)3)32-30(38)31(35)14-17-34(18-15-31)20-26-23(5)33-36(24(26)6)25-11-13-28(39-7)22(4)19-25/h11,13,21-22,27H,8-9,14-20H2,1-7H3,(H,32,38)/t22?,27-/m0/s1. The summed E-state index contributed by atoms with van der Waals surface area (Å²) in [5, 5.41) is 7.86. The number of nitrogens with one attached hydrogen (secondary N) is 1. The zero-order chi connectivity index (χ0) is 28.3. The lowest BCUT2D eigenvalue weighted by atomic mass is 9.81. The molecular formula is C31H45N5O3. The van der Waals surface area contributed by atoms with Crippen molar-refractivity contribution in [3.63, 3.8) is 0 Å². The monoisotopic (exact) mass is 535 g/mol. The Kier molecular flexibility index (Phi) is 8.90. The van der Waals surface area contributed by atoms with E-state index in [0.29, 0.717) is 25.3 Å². The Morgan fingerprint density at radius 2 is 1.92 bits per heavy atom. The van der Waals surface area contributed by atoms with Gasteiger partial charge in [0, 0.05) is 55.0 Å². The fraction of sp³-hybridized carbons (Fsp3) is 0.645. The number of piperidine rings is 1. The van der Waals surface area contributed by atoms with Crippen LogP contribution in [0, 0.1) is 37.5 Å². The van der Waals surface area contributed by atoms with Crippen LogP contribution in [-0.2, 0) is 20.9 Å². The summed E-state index contributed by atoms with van der Waals surface area (Å²) in [5.41, 5.74) is 3.80. The zero-order valence-electron chi connectivity index (χ0n) is 24.8. The minimum absolute atomic E-state index is 0.0528. The molecule has 8 nitrogen and oxygen atoms in total. The number of ether oxygens (including phenoxy) is 1. The number of carbonyl (C=O) groups excluding carboxylic acids is 2. The van der Waals surface area contributed by atoms with Crippen LogP contribution in [0.3, 0.4) is 0 Å². The molecule has 3 aliphatic rings. The molecule has 1 aromatic rings. The summed E-state index contributed by atoms with van der Waals surface area (Å²) in [6, 6.07) is -0.747. The van der Waals surface area contributed by atoms with E-state index in [1.54, 1.807) is 7.11 Å². The van der Waals surface area contributed by atoms with E-state index in [2.05, 4.69) is 60.5 Å². The molecule has 1 aromatic heterocycles. The molecule has 2 aliphatic heterocycles. The number of hydrogen-bond donors (Lipinski definition) is 1. The summed E-state index contributed by atoms with van der Waals surface area (Å²) in [6.45, 7) is 15.3. The number of aromatic nitrogens is 2. The van der Waals surface area contributed by atoms with Crippen molar-refractivity contribution >= 4 is 17.5 Å². The van der Waals surface area contributed by atoms with Gasteiger partial charge in [-0.25, -0.2) is 4.68 Å². The Morgan fingerprint density at radius 3 is 2.54 bits per heavy atom. The van der Waals surface area contributed by atoms with Gasteiger partial charge in [-0.1, -0.05) is 46.0 Å². The van der Waals surface area contributed by atoms with E-state index in [1.165, 1.54) is 11.3 Å². The molecule has 2 saturated heterocycles. The Labute approximate surface area is 233 Å². The van der Waals surface area contributed by atoms with Gasteiger partial charge in [-0.3, -0.25) is 14.5 Å². The second-order valence-electron chi connectivity index (χ2n) is 11.6. The van der Waals surface area contributed by atoms with Gasteiger partial charge in [-0.15, -0.1) is 0 Å². The molecule has 8 heteroatoms. The summed E-state index contributed by atoms with van der Waals surface area (Å²) in [6.07, 6.45) is 8.12. The zero-order valence-corrected chi connectivity index (χ0v) is 24.8. The van der Waals surface area contributed by atoms with Crippen LogP contribution < -0.4 is 5.32 Å². The van der Waals surface area contributed by atoms with Crippen molar-refractivity contribution < 1.29 is 14.3 Å². The van der Waals surface area contributed by atoms with Gasteiger partial charge < -0.3 is 15.0 Å². The quantitative estimate of drug-likeness (QED) is 0.534. The molecule has 0 radical (unpaired) electrons. The van der Waals surface area contributed by atoms with E-state index in [1.807, 2.05) is 24.8 Å². The van der Waals surface area contributed by atoms with Crippen molar-refractivity contribution in [2.24, 2.45) is 11.8 Å². The van der Waals surface area contributed by atoms with Gasteiger partial charge in [-0.05, 0) is 51.7 Å². The Morgan fingerprint density at radius 1 is 1.21 bits per heavy atom. The average Bonchev–Trinajstić information content (AvgIpc) is 3.19. The number of aryl methyl sites for hydroxylation is 1. The third kappa shape index (κ3) is 5.79.